The van der Waals surface area contributed by atoms with E-state index in [0.717, 1.165) is 12.1 Å². The molecule has 1 aliphatic heterocycles. The quantitative estimate of drug-likeness (QED) is 0.727. The van der Waals surface area contributed by atoms with E-state index in [1.54, 1.807) is 23.1 Å². The van der Waals surface area contributed by atoms with Crippen molar-refractivity contribution < 1.29 is 4.79 Å². The Morgan fingerprint density at radius 3 is 2.60 bits per heavy atom. The van der Waals surface area contributed by atoms with Gasteiger partial charge >= 0.3 is 0 Å². The minimum Gasteiger partial charge on any atom is -0.311 e. The maximum atomic E-state index is 11.7. The van der Waals surface area contributed by atoms with Crippen molar-refractivity contribution in [3.63, 3.8) is 0 Å². The zero-order chi connectivity index (χ0) is 11.0. The van der Waals surface area contributed by atoms with Crippen LogP contribution in [-0.2, 0) is 4.79 Å². The molecule has 1 saturated heterocycles. The third-order valence-corrected chi connectivity index (χ3v) is 3.94. The largest absolute Gasteiger partial charge is 0.311 e. The Balaban J connectivity index is 2.31. The highest BCUT2D eigenvalue weighted by atomic mass is 79.9. The van der Waals surface area contributed by atoms with Gasteiger partial charge in [0.05, 0.1) is 14.9 Å². The number of anilines is 1. The van der Waals surface area contributed by atoms with E-state index in [0.29, 0.717) is 16.6 Å². The molecular weight excluding hydrogens is 301 g/mol. The topological polar surface area (TPSA) is 20.3 Å². The zero-order valence-corrected chi connectivity index (χ0v) is 10.8. The van der Waals surface area contributed by atoms with Gasteiger partial charge in [-0.3, -0.25) is 4.79 Å². The molecule has 1 aromatic rings. The number of hydrogen-bond acceptors (Lipinski definition) is 1. The van der Waals surface area contributed by atoms with E-state index in [1.165, 1.54) is 0 Å². The molecule has 0 saturated carbocycles. The minimum absolute atomic E-state index is 0.0769. The molecule has 1 aliphatic rings. The monoisotopic (exact) mass is 307 g/mol. The molecular formula is C10H8BrCl2NO. The lowest BCUT2D eigenvalue weighted by atomic mass is 10.3. The Labute approximate surface area is 106 Å². The fraction of sp³-hybridized carbons (Fsp3) is 0.300. The second-order valence-corrected chi connectivity index (χ2v) is 5.26. The van der Waals surface area contributed by atoms with E-state index in [9.17, 15) is 4.79 Å². The average Bonchev–Trinajstić information content (AvgIpc) is 2.53. The number of alkyl halides is 1. The summed E-state index contributed by atoms with van der Waals surface area (Å²) in [6, 6.07) is 5.22. The van der Waals surface area contributed by atoms with Gasteiger partial charge in [0.2, 0.25) is 5.91 Å². The van der Waals surface area contributed by atoms with E-state index < -0.39 is 0 Å². The van der Waals surface area contributed by atoms with Crippen molar-refractivity contribution in [3.05, 3.63) is 28.2 Å². The third-order valence-electron chi connectivity index (χ3n) is 2.35. The zero-order valence-electron chi connectivity index (χ0n) is 7.71. The molecule has 0 radical (unpaired) electrons. The normalized spacial score (nSPS) is 21.1. The summed E-state index contributed by atoms with van der Waals surface area (Å²) >= 11 is 15.0. The summed E-state index contributed by atoms with van der Waals surface area (Å²) in [5, 5.41) is 0.974. The average molecular weight is 309 g/mol. The number of nitrogens with zero attached hydrogens (tertiary/aromatic N) is 1. The number of rotatable bonds is 1. The van der Waals surface area contributed by atoms with Gasteiger partial charge in [-0.1, -0.05) is 39.1 Å². The van der Waals surface area contributed by atoms with Crippen LogP contribution < -0.4 is 4.90 Å². The molecule has 0 aromatic heterocycles. The van der Waals surface area contributed by atoms with Crippen LogP contribution in [0.2, 0.25) is 10.0 Å². The van der Waals surface area contributed by atoms with Crippen LogP contribution in [0.5, 0.6) is 0 Å². The minimum atomic E-state index is -0.0769. The first-order valence-electron chi connectivity index (χ1n) is 4.50. The first-order chi connectivity index (χ1) is 7.09. The first kappa shape index (κ1) is 11.2. The lowest BCUT2D eigenvalue weighted by Crippen LogP contribution is -2.26. The van der Waals surface area contributed by atoms with Crippen LogP contribution in [0.25, 0.3) is 0 Å². The van der Waals surface area contributed by atoms with Gasteiger partial charge in [0.25, 0.3) is 0 Å². The Hall–Kier alpha value is -0.250. The molecule has 1 atom stereocenters. The van der Waals surface area contributed by atoms with Gasteiger partial charge in [-0.15, -0.1) is 0 Å². The van der Waals surface area contributed by atoms with Crippen LogP contribution in [0.15, 0.2) is 18.2 Å². The highest BCUT2D eigenvalue weighted by Gasteiger charge is 2.30. The van der Waals surface area contributed by atoms with E-state index >= 15 is 0 Å². The van der Waals surface area contributed by atoms with Crippen LogP contribution in [0, 0.1) is 0 Å². The Morgan fingerprint density at radius 1 is 1.33 bits per heavy atom. The van der Waals surface area contributed by atoms with Gasteiger partial charge in [0.15, 0.2) is 0 Å². The summed E-state index contributed by atoms with van der Waals surface area (Å²) in [5.74, 6) is 0.0772. The van der Waals surface area contributed by atoms with E-state index in [4.69, 9.17) is 23.2 Å². The number of carbonyl (C=O) groups excluding carboxylic acids is 1. The Morgan fingerprint density at radius 2 is 2.07 bits per heavy atom. The maximum absolute atomic E-state index is 11.7. The Bertz CT molecular complexity index is 410. The smallest absolute Gasteiger partial charge is 0.240 e. The Kier molecular flexibility index (Phi) is 3.24. The second-order valence-electron chi connectivity index (χ2n) is 3.34. The van der Waals surface area contributed by atoms with E-state index in [2.05, 4.69) is 15.9 Å². The molecule has 1 aromatic carbocycles. The van der Waals surface area contributed by atoms with Crippen LogP contribution >= 0.6 is 39.1 Å². The summed E-state index contributed by atoms with van der Waals surface area (Å²) in [4.78, 5) is 13.3. The molecule has 0 N–H and O–H groups in total. The predicted molar refractivity (Wildman–Crippen MR) is 66.1 cm³/mol. The van der Waals surface area contributed by atoms with Gasteiger partial charge in [0.1, 0.15) is 0 Å². The van der Waals surface area contributed by atoms with Crippen molar-refractivity contribution >= 4 is 50.7 Å². The van der Waals surface area contributed by atoms with Crippen molar-refractivity contribution in [1.29, 1.82) is 0 Å². The number of hydrogen-bond donors (Lipinski definition) is 0. The molecule has 0 unspecified atom stereocenters. The summed E-state index contributed by atoms with van der Waals surface area (Å²) in [6.07, 6.45) is 0.819. The highest BCUT2D eigenvalue weighted by Crippen LogP contribution is 2.30. The van der Waals surface area contributed by atoms with Gasteiger partial charge < -0.3 is 4.90 Å². The first-order valence-corrected chi connectivity index (χ1v) is 6.17. The molecule has 15 heavy (non-hydrogen) atoms. The maximum Gasteiger partial charge on any atom is 0.240 e. The summed E-state index contributed by atoms with van der Waals surface area (Å²) in [7, 11) is 0. The summed E-state index contributed by atoms with van der Waals surface area (Å²) in [6.45, 7) is 0.715. The number of carbonyl (C=O) groups is 1. The van der Waals surface area contributed by atoms with Crippen molar-refractivity contribution in [1.82, 2.24) is 0 Å². The van der Waals surface area contributed by atoms with Crippen molar-refractivity contribution in [2.24, 2.45) is 0 Å². The standard InChI is InChI=1S/C10H8BrCl2NO/c11-7-3-4-14(10(7)15)6-1-2-8(12)9(13)5-6/h1-2,5,7H,3-4H2/t7-/m1/s1. The van der Waals surface area contributed by atoms with Crippen molar-refractivity contribution in [3.8, 4) is 0 Å². The van der Waals surface area contributed by atoms with Gasteiger partial charge in [-0.2, -0.15) is 0 Å². The number of amides is 1. The van der Waals surface area contributed by atoms with E-state index in [-0.39, 0.29) is 10.7 Å². The fourth-order valence-corrected chi connectivity index (χ4v) is 2.30. The molecule has 2 rings (SSSR count). The summed E-state index contributed by atoms with van der Waals surface area (Å²) < 4.78 is 0. The molecule has 0 spiro atoms. The molecule has 0 bridgehead atoms. The van der Waals surface area contributed by atoms with Crippen molar-refractivity contribution in [2.45, 2.75) is 11.2 Å². The lowest BCUT2D eigenvalue weighted by molar-refractivity contribution is -0.116. The summed E-state index contributed by atoms with van der Waals surface area (Å²) in [5.41, 5.74) is 0.802. The number of halogens is 3. The molecule has 2 nitrogen and oxygen atoms in total. The highest BCUT2D eigenvalue weighted by molar-refractivity contribution is 9.10. The van der Waals surface area contributed by atoms with Gasteiger partial charge in [-0.05, 0) is 24.6 Å². The lowest BCUT2D eigenvalue weighted by Gasteiger charge is -2.16. The molecule has 1 fully saturated rings. The van der Waals surface area contributed by atoms with Crippen LogP contribution in [0.4, 0.5) is 5.69 Å². The molecule has 5 heteroatoms. The van der Waals surface area contributed by atoms with Gasteiger partial charge in [-0.25, -0.2) is 0 Å². The number of benzene rings is 1. The predicted octanol–water partition coefficient (Wildman–Crippen LogP) is 3.49. The molecule has 80 valence electrons. The van der Waals surface area contributed by atoms with E-state index in [1.807, 2.05) is 0 Å². The molecule has 1 heterocycles. The third kappa shape index (κ3) is 2.14. The molecule has 0 aliphatic carbocycles. The van der Waals surface area contributed by atoms with Crippen LogP contribution in [0.1, 0.15) is 6.42 Å². The second kappa shape index (κ2) is 4.32. The van der Waals surface area contributed by atoms with Crippen LogP contribution in [-0.4, -0.2) is 17.3 Å². The van der Waals surface area contributed by atoms with Crippen molar-refractivity contribution in [2.75, 3.05) is 11.4 Å². The SMILES string of the molecule is O=C1[C@H](Br)CCN1c1ccc(Cl)c(Cl)c1. The van der Waals surface area contributed by atoms with Gasteiger partial charge in [0, 0.05) is 12.2 Å². The van der Waals surface area contributed by atoms with Crippen LogP contribution in [0.3, 0.4) is 0 Å². The fourth-order valence-electron chi connectivity index (χ4n) is 1.55. The molecule has 1 amide bonds.